The van der Waals surface area contributed by atoms with Gasteiger partial charge in [-0.25, -0.2) is 0 Å². The standard InChI is InChI=1S/C20H29N3O3/c1-26-14-17(21)19(25)22-11-9-20(10-12-22)8-7-18(24)23(15-20)13-16-5-3-2-4-6-16/h2-6,17H,7-15,21H2,1H3/t17-/m1/s1. The van der Waals surface area contributed by atoms with E-state index >= 15 is 0 Å². The minimum absolute atomic E-state index is 0.0327. The molecule has 26 heavy (non-hydrogen) atoms. The summed E-state index contributed by atoms with van der Waals surface area (Å²) in [5.74, 6) is 0.204. The largest absolute Gasteiger partial charge is 0.383 e. The Morgan fingerprint density at radius 1 is 1.23 bits per heavy atom. The molecule has 2 aliphatic heterocycles. The number of carbonyl (C=O) groups is 2. The first-order valence-electron chi connectivity index (χ1n) is 9.38. The number of hydrogen-bond donors (Lipinski definition) is 1. The molecule has 3 rings (SSSR count). The number of nitrogens with zero attached hydrogens (tertiary/aromatic N) is 2. The molecule has 6 nitrogen and oxygen atoms in total. The van der Waals surface area contributed by atoms with Crippen molar-refractivity contribution < 1.29 is 14.3 Å². The number of rotatable bonds is 5. The van der Waals surface area contributed by atoms with Crippen molar-refractivity contribution in [3.8, 4) is 0 Å². The molecule has 2 aliphatic rings. The van der Waals surface area contributed by atoms with E-state index in [1.165, 1.54) is 0 Å². The molecule has 2 fully saturated rings. The van der Waals surface area contributed by atoms with Crippen molar-refractivity contribution in [1.29, 1.82) is 0 Å². The number of likely N-dealkylation sites (tertiary alicyclic amines) is 2. The van der Waals surface area contributed by atoms with E-state index in [9.17, 15) is 9.59 Å². The van der Waals surface area contributed by atoms with E-state index in [0.717, 1.165) is 31.4 Å². The number of nitrogens with two attached hydrogens (primary N) is 1. The summed E-state index contributed by atoms with van der Waals surface area (Å²) in [5.41, 5.74) is 7.18. The molecule has 2 saturated heterocycles. The van der Waals surface area contributed by atoms with E-state index in [0.29, 0.717) is 26.1 Å². The fourth-order valence-corrected chi connectivity index (χ4v) is 4.15. The molecule has 0 saturated carbocycles. The maximum absolute atomic E-state index is 12.4. The minimum Gasteiger partial charge on any atom is -0.383 e. The lowest BCUT2D eigenvalue weighted by atomic mass is 9.72. The molecule has 2 amide bonds. The van der Waals surface area contributed by atoms with Crippen LogP contribution < -0.4 is 5.73 Å². The SMILES string of the molecule is COC[C@@H](N)C(=O)N1CCC2(CCC(=O)N(Cc3ccccc3)C2)CC1. The van der Waals surface area contributed by atoms with E-state index in [4.69, 9.17) is 10.5 Å². The number of methoxy groups -OCH3 is 1. The highest BCUT2D eigenvalue weighted by Crippen LogP contribution is 2.40. The summed E-state index contributed by atoms with van der Waals surface area (Å²) in [4.78, 5) is 28.6. The van der Waals surface area contributed by atoms with Crippen LogP contribution in [0, 0.1) is 5.41 Å². The van der Waals surface area contributed by atoms with Gasteiger partial charge in [0.2, 0.25) is 11.8 Å². The lowest BCUT2D eigenvalue weighted by Gasteiger charge is -2.47. The zero-order valence-corrected chi connectivity index (χ0v) is 15.5. The van der Waals surface area contributed by atoms with Gasteiger partial charge in [-0.1, -0.05) is 30.3 Å². The number of benzene rings is 1. The predicted molar refractivity (Wildman–Crippen MR) is 99.2 cm³/mol. The summed E-state index contributed by atoms with van der Waals surface area (Å²) in [6.45, 7) is 3.13. The van der Waals surface area contributed by atoms with Gasteiger partial charge >= 0.3 is 0 Å². The van der Waals surface area contributed by atoms with Gasteiger partial charge in [-0.05, 0) is 30.2 Å². The fraction of sp³-hybridized carbons (Fsp3) is 0.600. The first-order chi connectivity index (χ1) is 12.5. The smallest absolute Gasteiger partial charge is 0.241 e. The van der Waals surface area contributed by atoms with E-state index < -0.39 is 6.04 Å². The monoisotopic (exact) mass is 359 g/mol. The Kier molecular flexibility index (Phi) is 5.94. The summed E-state index contributed by atoms with van der Waals surface area (Å²) in [6.07, 6.45) is 3.38. The third kappa shape index (κ3) is 4.24. The van der Waals surface area contributed by atoms with Gasteiger partial charge in [0.1, 0.15) is 6.04 Å². The molecule has 1 spiro atoms. The third-order valence-corrected chi connectivity index (χ3v) is 5.76. The van der Waals surface area contributed by atoms with Crippen molar-refractivity contribution in [2.45, 2.75) is 38.3 Å². The second kappa shape index (κ2) is 8.18. The Morgan fingerprint density at radius 2 is 1.92 bits per heavy atom. The van der Waals surface area contributed by atoms with Gasteiger partial charge in [0.15, 0.2) is 0 Å². The predicted octanol–water partition coefficient (Wildman–Crippen LogP) is 1.39. The van der Waals surface area contributed by atoms with Crippen LogP contribution in [0.3, 0.4) is 0 Å². The molecule has 142 valence electrons. The summed E-state index contributed by atoms with van der Waals surface area (Å²) >= 11 is 0. The molecule has 0 radical (unpaired) electrons. The maximum atomic E-state index is 12.4. The van der Waals surface area contributed by atoms with E-state index in [1.54, 1.807) is 7.11 Å². The molecular weight excluding hydrogens is 330 g/mol. The number of piperidine rings is 2. The second-order valence-electron chi connectivity index (χ2n) is 7.62. The van der Waals surface area contributed by atoms with Crippen LogP contribution in [0.2, 0.25) is 0 Å². The van der Waals surface area contributed by atoms with Crippen LogP contribution >= 0.6 is 0 Å². The highest BCUT2D eigenvalue weighted by Gasteiger charge is 2.42. The van der Waals surface area contributed by atoms with Crippen LogP contribution in [-0.2, 0) is 20.9 Å². The van der Waals surface area contributed by atoms with Gasteiger partial charge in [0, 0.05) is 39.7 Å². The first kappa shape index (κ1) is 18.9. The van der Waals surface area contributed by atoms with Crippen LogP contribution in [0.15, 0.2) is 30.3 Å². The maximum Gasteiger partial charge on any atom is 0.241 e. The van der Waals surface area contributed by atoms with Crippen LogP contribution in [-0.4, -0.2) is 61.0 Å². The Hall–Kier alpha value is -1.92. The zero-order chi connectivity index (χ0) is 18.6. The molecule has 0 aromatic heterocycles. The summed E-state index contributed by atoms with van der Waals surface area (Å²) in [6, 6.07) is 9.54. The lowest BCUT2D eigenvalue weighted by molar-refractivity contribution is -0.144. The number of ether oxygens (including phenoxy) is 1. The Labute approximate surface area is 155 Å². The molecule has 2 heterocycles. The summed E-state index contributed by atoms with van der Waals surface area (Å²) in [7, 11) is 1.55. The number of hydrogen-bond acceptors (Lipinski definition) is 4. The Balaban J connectivity index is 1.59. The van der Waals surface area contributed by atoms with E-state index in [2.05, 4.69) is 12.1 Å². The minimum atomic E-state index is -0.587. The Morgan fingerprint density at radius 3 is 2.58 bits per heavy atom. The van der Waals surface area contributed by atoms with Crippen molar-refractivity contribution in [1.82, 2.24) is 9.80 Å². The van der Waals surface area contributed by atoms with Crippen LogP contribution in [0.1, 0.15) is 31.2 Å². The highest BCUT2D eigenvalue weighted by molar-refractivity contribution is 5.82. The molecule has 0 unspecified atom stereocenters. The van der Waals surface area contributed by atoms with E-state index in [-0.39, 0.29) is 23.8 Å². The van der Waals surface area contributed by atoms with Crippen LogP contribution in [0.5, 0.6) is 0 Å². The molecule has 0 aliphatic carbocycles. The van der Waals surface area contributed by atoms with Gasteiger partial charge in [0.25, 0.3) is 0 Å². The summed E-state index contributed by atoms with van der Waals surface area (Å²) < 4.78 is 4.99. The van der Waals surface area contributed by atoms with Crippen molar-refractivity contribution in [3.05, 3.63) is 35.9 Å². The van der Waals surface area contributed by atoms with E-state index in [1.807, 2.05) is 28.0 Å². The lowest BCUT2D eigenvalue weighted by Crippen LogP contribution is -2.54. The fourth-order valence-electron chi connectivity index (χ4n) is 4.15. The molecule has 1 aromatic rings. The van der Waals surface area contributed by atoms with Crippen molar-refractivity contribution in [2.24, 2.45) is 11.1 Å². The molecule has 6 heteroatoms. The highest BCUT2D eigenvalue weighted by atomic mass is 16.5. The Bertz CT molecular complexity index is 626. The van der Waals surface area contributed by atoms with Crippen LogP contribution in [0.25, 0.3) is 0 Å². The quantitative estimate of drug-likeness (QED) is 0.862. The van der Waals surface area contributed by atoms with Gasteiger partial charge in [0.05, 0.1) is 6.61 Å². The number of amides is 2. The van der Waals surface area contributed by atoms with Gasteiger partial charge in [-0.2, -0.15) is 0 Å². The van der Waals surface area contributed by atoms with Gasteiger partial charge in [-0.3, -0.25) is 9.59 Å². The van der Waals surface area contributed by atoms with Crippen LogP contribution in [0.4, 0.5) is 0 Å². The van der Waals surface area contributed by atoms with Gasteiger partial charge < -0.3 is 20.3 Å². The summed E-state index contributed by atoms with van der Waals surface area (Å²) in [5, 5.41) is 0. The molecule has 1 aromatic carbocycles. The zero-order valence-electron chi connectivity index (χ0n) is 15.5. The van der Waals surface area contributed by atoms with Crippen molar-refractivity contribution in [3.63, 3.8) is 0 Å². The third-order valence-electron chi connectivity index (χ3n) is 5.76. The van der Waals surface area contributed by atoms with Crippen molar-refractivity contribution in [2.75, 3.05) is 33.4 Å². The molecular formula is C20H29N3O3. The molecule has 1 atom stereocenters. The van der Waals surface area contributed by atoms with Crippen molar-refractivity contribution >= 4 is 11.8 Å². The molecule has 2 N–H and O–H groups in total. The normalized spacial score (nSPS) is 21.1. The number of carbonyl (C=O) groups excluding carboxylic acids is 2. The average Bonchev–Trinajstić information content (AvgIpc) is 2.66. The topological polar surface area (TPSA) is 75.9 Å². The molecule has 0 bridgehead atoms. The second-order valence-corrected chi connectivity index (χ2v) is 7.62. The first-order valence-corrected chi connectivity index (χ1v) is 9.38. The average molecular weight is 359 g/mol. The van der Waals surface area contributed by atoms with Gasteiger partial charge in [-0.15, -0.1) is 0 Å².